The molecule has 0 aromatic carbocycles. The van der Waals surface area contributed by atoms with Gasteiger partial charge in [0.25, 0.3) is 0 Å². The number of rotatable bonds is 3. The van der Waals surface area contributed by atoms with Crippen LogP contribution in [0.5, 0.6) is 0 Å². The molecule has 6 heteroatoms. The van der Waals surface area contributed by atoms with E-state index in [1.165, 1.54) is 0 Å². The molecule has 1 aliphatic rings. The van der Waals surface area contributed by atoms with E-state index in [0.717, 1.165) is 43.2 Å². The molecular formula is C11H15N5O. The lowest BCUT2D eigenvalue weighted by atomic mass is 10.1. The lowest BCUT2D eigenvalue weighted by Crippen LogP contribution is -2.37. The minimum atomic E-state index is 0.426. The zero-order chi connectivity index (χ0) is 11.7. The smallest absolute Gasteiger partial charge is 0.150 e. The SMILES string of the molecule is Cc1cc(CNC2CCc3ncnn3C2)on1. The average molecular weight is 233 g/mol. The van der Waals surface area contributed by atoms with E-state index in [-0.39, 0.29) is 0 Å². The van der Waals surface area contributed by atoms with Gasteiger partial charge in [-0.2, -0.15) is 5.10 Å². The van der Waals surface area contributed by atoms with Crippen LogP contribution in [0.4, 0.5) is 0 Å². The quantitative estimate of drug-likeness (QED) is 0.844. The fraction of sp³-hybridized carbons (Fsp3) is 0.545. The highest BCUT2D eigenvalue weighted by Crippen LogP contribution is 2.12. The topological polar surface area (TPSA) is 68.8 Å². The molecule has 2 aromatic heterocycles. The van der Waals surface area contributed by atoms with E-state index in [4.69, 9.17) is 4.52 Å². The Kier molecular flexibility index (Phi) is 2.64. The molecule has 0 fully saturated rings. The summed E-state index contributed by atoms with van der Waals surface area (Å²) < 4.78 is 7.13. The molecule has 17 heavy (non-hydrogen) atoms. The summed E-state index contributed by atoms with van der Waals surface area (Å²) in [5.74, 6) is 1.96. The number of hydrogen-bond acceptors (Lipinski definition) is 5. The minimum absolute atomic E-state index is 0.426. The fourth-order valence-electron chi connectivity index (χ4n) is 2.15. The summed E-state index contributed by atoms with van der Waals surface area (Å²) in [6.07, 6.45) is 3.69. The van der Waals surface area contributed by atoms with Gasteiger partial charge in [0.2, 0.25) is 0 Å². The van der Waals surface area contributed by atoms with Crippen molar-refractivity contribution in [2.24, 2.45) is 0 Å². The second-order valence-corrected chi connectivity index (χ2v) is 4.41. The maximum atomic E-state index is 5.16. The zero-order valence-electron chi connectivity index (χ0n) is 9.76. The lowest BCUT2D eigenvalue weighted by molar-refractivity contribution is 0.323. The van der Waals surface area contributed by atoms with Crippen molar-refractivity contribution in [1.29, 1.82) is 0 Å². The normalized spacial score (nSPS) is 19.2. The molecule has 0 amide bonds. The van der Waals surface area contributed by atoms with Gasteiger partial charge in [0.05, 0.1) is 18.8 Å². The predicted molar refractivity (Wildman–Crippen MR) is 60.2 cm³/mol. The molecular weight excluding hydrogens is 218 g/mol. The molecule has 0 saturated carbocycles. The van der Waals surface area contributed by atoms with Crippen molar-refractivity contribution in [3.05, 3.63) is 29.7 Å². The molecule has 1 unspecified atom stereocenters. The Morgan fingerprint density at radius 1 is 1.59 bits per heavy atom. The largest absolute Gasteiger partial charge is 0.360 e. The number of hydrogen-bond donors (Lipinski definition) is 1. The second kappa shape index (κ2) is 4.29. The van der Waals surface area contributed by atoms with Crippen molar-refractivity contribution in [2.45, 2.75) is 38.9 Å². The Hall–Kier alpha value is -1.69. The van der Waals surface area contributed by atoms with Crippen LogP contribution in [0.2, 0.25) is 0 Å². The molecule has 0 radical (unpaired) electrons. The highest BCUT2D eigenvalue weighted by molar-refractivity contribution is 5.03. The Bertz CT molecular complexity index is 503. The molecule has 1 N–H and O–H groups in total. The van der Waals surface area contributed by atoms with Crippen molar-refractivity contribution < 1.29 is 4.52 Å². The van der Waals surface area contributed by atoms with Crippen LogP contribution in [0, 0.1) is 6.92 Å². The first-order chi connectivity index (χ1) is 8.31. The van der Waals surface area contributed by atoms with Crippen molar-refractivity contribution in [3.63, 3.8) is 0 Å². The number of nitrogens with zero attached hydrogens (tertiary/aromatic N) is 4. The van der Waals surface area contributed by atoms with Gasteiger partial charge in [0.1, 0.15) is 12.2 Å². The molecule has 2 aromatic rings. The number of aryl methyl sites for hydroxylation is 2. The van der Waals surface area contributed by atoms with Crippen LogP contribution in [0.3, 0.4) is 0 Å². The molecule has 0 aliphatic carbocycles. The summed E-state index contributed by atoms with van der Waals surface area (Å²) in [6, 6.07) is 2.38. The summed E-state index contributed by atoms with van der Waals surface area (Å²) in [5, 5.41) is 11.5. The number of aromatic nitrogens is 4. The van der Waals surface area contributed by atoms with Crippen LogP contribution in [0.15, 0.2) is 16.9 Å². The number of nitrogens with one attached hydrogen (secondary N) is 1. The van der Waals surface area contributed by atoms with Gasteiger partial charge in [0.15, 0.2) is 5.76 Å². The third-order valence-electron chi connectivity index (χ3n) is 3.05. The fourth-order valence-corrected chi connectivity index (χ4v) is 2.15. The van der Waals surface area contributed by atoms with E-state index >= 15 is 0 Å². The molecule has 0 spiro atoms. The molecule has 3 heterocycles. The third-order valence-corrected chi connectivity index (χ3v) is 3.05. The van der Waals surface area contributed by atoms with Gasteiger partial charge in [-0.05, 0) is 13.3 Å². The van der Waals surface area contributed by atoms with Gasteiger partial charge in [-0.25, -0.2) is 9.67 Å². The van der Waals surface area contributed by atoms with E-state index in [2.05, 4.69) is 20.6 Å². The molecule has 1 atom stereocenters. The first-order valence-corrected chi connectivity index (χ1v) is 5.83. The molecule has 0 bridgehead atoms. The Morgan fingerprint density at radius 3 is 3.35 bits per heavy atom. The van der Waals surface area contributed by atoms with Crippen molar-refractivity contribution >= 4 is 0 Å². The Morgan fingerprint density at radius 2 is 2.53 bits per heavy atom. The minimum Gasteiger partial charge on any atom is -0.360 e. The van der Waals surface area contributed by atoms with Crippen LogP contribution >= 0.6 is 0 Å². The first-order valence-electron chi connectivity index (χ1n) is 5.83. The molecule has 6 nitrogen and oxygen atoms in total. The van der Waals surface area contributed by atoms with E-state index < -0.39 is 0 Å². The monoisotopic (exact) mass is 233 g/mol. The van der Waals surface area contributed by atoms with Crippen LogP contribution in [0.1, 0.15) is 23.7 Å². The van der Waals surface area contributed by atoms with Crippen molar-refractivity contribution in [2.75, 3.05) is 0 Å². The molecule has 3 rings (SSSR count). The van der Waals surface area contributed by atoms with E-state index in [1.807, 2.05) is 17.7 Å². The highest BCUT2D eigenvalue weighted by atomic mass is 16.5. The van der Waals surface area contributed by atoms with Gasteiger partial charge in [-0.3, -0.25) is 0 Å². The van der Waals surface area contributed by atoms with E-state index in [1.54, 1.807) is 6.33 Å². The van der Waals surface area contributed by atoms with E-state index in [9.17, 15) is 0 Å². The zero-order valence-corrected chi connectivity index (χ0v) is 9.76. The van der Waals surface area contributed by atoms with Gasteiger partial charge in [-0.15, -0.1) is 0 Å². The average Bonchev–Trinajstić information content (AvgIpc) is 2.94. The van der Waals surface area contributed by atoms with Crippen LogP contribution in [-0.4, -0.2) is 26.0 Å². The van der Waals surface area contributed by atoms with Gasteiger partial charge in [0, 0.05) is 18.5 Å². The summed E-state index contributed by atoms with van der Waals surface area (Å²) in [4.78, 5) is 4.21. The van der Waals surface area contributed by atoms with Crippen LogP contribution < -0.4 is 5.32 Å². The molecule has 0 saturated heterocycles. The summed E-state index contributed by atoms with van der Waals surface area (Å²) in [7, 11) is 0. The number of fused-ring (bicyclic) bond motifs is 1. The standard InChI is InChI=1S/C11H15N5O/c1-8-4-10(17-15-8)5-12-9-2-3-11-13-7-14-16(11)6-9/h4,7,9,12H,2-3,5-6H2,1H3. The first kappa shape index (κ1) is 10.5. The van der Waals surface area contributed by atoms with Crippen molar-refractivity contribution in [3.8, 4) is 0 Å². The molecule has 1 aliphatic heterocycles. The Balaban J connectivity index is 1.57. The van der Waals surface area contributed by atoms with E-state index in [0.29, 0.717) is 6.04 Å². The summed E-state index contributed by atoms with van der Waals surface area (Å²) in [5.41, 5.74) is 0.920. The molecule has 90 valence electrons. The summed E-state index contributed by atoms with van der Waals surface area (Å²) >= 11 is 0. The lowest BCUT2D eigenvalue weighted by Gasteiger charge is -2.23. The van der Waals surface area contributed by atoms with Crippen molar-refractivity contribution in [1.82, 2.24) is 25.2 Å². The highest BCUT2D eigenvalue weighted by Gasteiger charge is 2.19. The predicted octanol–water partition coefficient (Wildman–Crippen LogP) is 0.679. The van der Waals surface area contributed by atoms with Gasteiger partial charge < -0.3 is 9.84 Å². The summed E-state index contributed by atoms with van der Waals surface area (Å²) in [6.45, 7) is 3.52. The second-order valence-electron chi connectivity index (χ2n) is 4.41. The maximum absolute atomic E-state index is 5.16. The van der Waals surface area contributed by atoms with Crippen LogP contribution in [0.25, 0.3) is 0 Å². The Labute approximate surface area is 99.0 Å². The van der Waals surface area contributed by atoms with Gasteiger partial charge >= 0.3 is 0 Å². The maximum Gasteiger partial charge on any atom is 0.150 e. The van der Waals surface area contributed by atoms with Crippen LogP contribution in [-0.2, 0) is 19.5 Å². The van der Waals surface area contributed by atoms with Gasteiger partial charge in [-0.1, -0.05) is 5.16 Å². The third kappa shape index (κ3) is 2.21.